The largest absolute Gasteiger partial charge is 0.470 e. The van der Waals surface area contributed by atoms with E-state index >= 15 is 0 Å². The van der Waals surface area contributed by atoms with Crippen LogP contribution < -0.4 is 21.7 Å². The lowest BCUT2D eigenvalue weighted by Crippen LogP contribution is -2.31. The maximum absolute atomic E-state index is 12.2. The molecular formula is C18H24F3N5O3. The summed E-state index contributed by atoms with van der Waals surface area (Å²) in [5, 5.41) is 7.66. The van der Waals surface area contributed by atoms with Crippen LogP contribution in [0.3, 0.4) is 0 Å². The number of nitrogens with zero attached hydrogens (tertiary/aromatic N) is 1. The number of alkyl halides is 3. The van der Waals surface area contributed by atoms with E-state index in [1.807, 2.05) is 0 Å². The Morgan fingerprint density at radius 2 is 1.97 bits per heavy atom. The monoisotopic (exact) mass is 415 g/mol. The zero-order valence-corrected chi connectivity index (χ0v) is 16.5. The van der Waals surface area contributed by atoms with Gasteiger partial charge in [0.25, 0.3) is 5.91 Å². The highest BCUT2D eigenvalue weighted by molar-refractivity contribution is 5.93. The van der Waals surface area contributed by atoms with Crippen LogP contribution in [0.1, 0.15) is 31.1 Å². The number of amides is 2. The number of pyridine rings is 1. The summed E-state index contributed by atoms with van der Waals surface area (Å²) in [7, 11) is 1.37. The van der Waals surface area contributed by atoms with Gasteiger partial charge in [-0.3, -0.25) is 9.59 Å². The minimum absolute atomic E-state index is 0.198. The average Bonchev–Trinajstić information content (AvgIpc) is 2.59. The Balaban J connectivity index is 2.83. The summed E-state index contributed by atoms with van der Waals surface area (Å²) in [4.78, 5) is 27.6. The molecule has 1 aromatic rings. The van der Waals surface area contributed by atoms with E-state index in [-0.39, 0.29) is 17.5 Å². The van der Waals surface area contributed by atoms with Crippen molar-refractivity contribution in [3.63, 3.8) is 0 Å². The normalized spacial score (nSPS) is 13.5. The molecular weight excluding hydrogens is 391 g/mol. The van der Waals surface area contributed by atoms with Gasteiger partial charge in [0.2, 0.25) is 5.91 Å². The lowest BCUT2D eigenvalue weighted by atomic mass is 10.1. The molecule has 0 saturated heterocycles. The van der Waals surface area contributed by atoms with E-state index < -0.39 is 24.7 Å². The molecule has 1 heterocycles. The average molecular weight is 415 g/mol. The summed E-state index contributed by atoms with van der Waals surface area (Å²) in [6.07, 6.45) is -2.24. The molecule has 2 amide bonds. The molecule has 0 aromatic carbocycles. The molecule has 0 aliphatic rings. The predicted molar refractivity (Wildman–Crippen MR) is 101 cm³/mol. The van der Waals surface area contributed by atoms with Crippen LogP contribution in [0, 0.1) is 6.92 Å². The number of carbonyl (C=O) groups is 2. The standard InChI is InChI=1S/C18H24F3N5O3/c1-10-7-13(8-15(24-10)26-12(3)27)11(2)25-17(28)14(22)5-6-16(23-4)29-9-18(19,20)21/h5-8,11,23H,9,22H2,1-4H3,(H,25,28)(H,24,26,27)/b14-5-,16-6+. The number of aryl methyl sites for hydroxylation is 1. The highest BCUT2D eigenvalue weighted by Gasteiger charge is 2.28. The van der Waals surface area contributed by atoms with Crippen molar-refractivity contribution in [2.45, 2.75) is 33.0 Å². The van der Waals surface area contributed by atoms with E-state index in [0.29, 0.717) is 17.1 Å². The first-order chi connectivity index (χ1) is 13.4. The van der Waals surface area contributed by atoms with Gasteiger partial charge in [-0.25, -0.2) is 4.98 Å². The Morgan fingerprint density at radius 3 is 2.52 bits per heavy atom. The molecule has 0 spiro atoms. The summed E-state index contributed by atoms with van der Waals surface area (Å²) in [5.74, 6) is -0.760. The van der Waals surface area contributed by atoms with Crippen LogP contribution in [0.5, 0.6) is 0 Å². The van der Waals surface area contributed by atoms with Crippen LogP contribution >= 0.6 is 0 Å². The van der Waals surface area contributed by atoms with E-state index in [4.69, 9.17) is 5.73 Å². The highest BCUT2D eigenvalue weighted by atomic mass is 19.4. The van der Waals surface area contributed by atoms with Gasteiger partial charge in [0.05, 0.1) is 11.7 Å². The quantitative estimate of drug-likeness (QED) is 0.293. The zero-order chi connectivity index (χ0) is 22.2. The summed E-state index contributed by atoms with van der Waals surface area (Å²) in [5.41, 5.74) is 6.78. The number of hydrogen-bond donors (Lipinski definition) is 4. The highest BCUT2D eigenvalue weighted by Crippen LogP contribution is 2.18. The summed E-state index contributed by atoms with van der Waals surface area (Å²) < 4.78 is 41.1. The number of nitrogens with two attached hydrogens (primary N) is 1. The Hall–Kier alpha value is -3.24. The Kier molecular flexibility index (Phi) is 8.49. The second kappa shape index (κ2) is 10.3. The van der Waals surface area contributed by atoms with E-state index in [0.717, 1.165) is 12.2 Å². The number of aromatic nitrogens is 1. The number of anilines is 1. The van der Waals surface area contributed by atoms with Crippen molar-refractivity contribution in [1.29, 1.82) is 0 Å². The Labute approximate surface area is 166 Å². The number of hydrogen-bond acceptors (Lipinski definition) is 6. The Bertz CT molecular complexity index is 806. The molecule has 29 heavy (non-hydrogen) atoms. The van der Waals surface area contributed by atoms with Gasteiger partial charge in [0, 0.05) is 25.7 Å². The molecule has 0 saturated carbocycles. The maximum atomic E-state index is 12.2. The van der Waals surface area contributed by atoms with Crippen molar-refractivity contribution in [3.05, 3.63) is 47.1 Å². The molecule has 5 N–H and O–H groups in total. The van der Waals surface area contributed by atoms with Gasteiger partial charge >= 0.3 is 6.18 Å². The first-order valence-corrected chi connectivity index (χ1v) is 8.53. The van der Waals surface area contributed by atoms with Crippen molar-refractivity contribution in [3.8, 4) is 0 Å². The molecule has 160 valence electrons. The lowest BCUT2D eigenvalue weighted by Gasteiger charge is -2.16. The fourth-order valence-corrected chi connectivity index (χ4v) is 2.16. The topological polar surface area (TPSA) is 118 Å². The number of nitrogens with one attached hydrogen (secondary N) is 3. The van der Waals surface area contributed by atoms with Crippen LogP contribution in [-0.4, -0.2) is 36.6 Å². The number of allylic oxidation sites excluding steroid dienone is 2. The minimum Gasteiger partial charge on any atom is -0.470 e. The SMILES string of the molecule is CN/C(=C\C=C(/N)C(=O)NC(C)c1cc(C)nc(NC(C)=O)c1)OCC(F)(F)F. The van der Waals surface area contributed by atoms with Gasteiger partial charge in [-0.15, -0.1) is 0 Å². The summed E-state index contributed by atoms with van der Waals surface area (Å²) >= 11 is 0. The molecule has 0 aliphatic heterocycles. The van der Waals surface area contributed by atoms with E-state index in [1.165, 1.54) is 14.0 Å². The summed E-state index contributed by atoms with van der Waals surface area (Å²) in [6.45, 7) is 3.32. The maximum Gasteiger partial charge on any atom is 0.422 e. The van der Waals surface area contributed by atoms with Crippen LogP contribution in [0.25, 0.3) is 0 Å². The van der Waals surface area contributed by atoms with Crippen LogP contribution in [-0.2, 0) is 14.3 Å². The molecule has 1 aromatic heterocycles. The van der Waals surface area contributed by atoms with Crippen LogP contribution in [0.4, 0.5) is 19.0 Å². The minimum atomic E-state index is -4.49. The van der Waals surface area contributed by atoms with E-state index in [2.05, 4.69) is 25.7 Å². The molecule has 0 fully saturated rings. The van der Waals surface area contributed by atoms with Gasteiger partial charge in [-0.1, -0.05) is 0 Å². The van der Waals surface area contributed by atoms with Gasteiger partial charge in [-0.05, 0) is 37.6 Å². The van der Waals surface area contributed by atoms with E-state index in [1.54, 1.807) is 26.0 Å². The lowest BCUT2D eigenvalue weighted by molar-refractivity contribution is -0.165. The van der Waals surface area contributed by atoms with E-state index in [9.17, 15) is 22.8 Å². The zero-order valence-electron chi connectivity index (χ0n) is 16.5. The van der Waals surface area contributed by atoms with Crippen LogP contribution in [0.2, 0.25) is 0 Å². The molecule has 0 radical (unpaired) electrons. The predicted octanol–water partition coefficient (Wildman–Crippen LogP) is 2.01. The van der Waals surface area contributed by atoms with Gasteiger partial charge in [0.15, 0.2) is 12.5 Å². The smallest absolute Gasteiger partial charge is 0.422 e. The molecule has 0 aliphatic carbocycles. The van der Waals surface area contributed by atoms with Crippen molar-refractivity contribution >= 4 is 17.6 Å². The van der Waals surface area contributed by atoms with Crippen molar-refractivity contribution in [1.82, 2.24) is 15.6 Å². The third-order valence-corrected chi connectivity index (χ3v) is 3.44. The van der Waals surface area contributed by atoms with Gasteiger partial charge in [0.1, 0.15) is 5.82 Å². The first-order valence-electron chi connectivity index (χ1n) is 8.53. The molecule has 0 bridgehead atoms. The van der Waals surface area contributed by atoms with Crippen molar-refractivity contribution < 1.29 is 27.5 Å². The van der Waals surface area contributed by atoms with Crippen LogP contribution in [0.15, 0.2) is 35.9 Å². The second-order valence-corrected chi connectivity index (χ2v) is 6.11. The van der Waals surface area contributed by atoms with Crippen molar-refractivity contribution in [2.24, 2.45) is 5.73 Å². The fourth-order valence-electron chi connectivity index (χ4n) is 2.16. The number of rotatable bonds is 8. The van der Waals surface area contributed by atoms with Gasteiger partial charge < -0.3 is 26.4 Å². The molecule has 1 rings (SSSR count). The molecule has 1 unspecified atom stereocenters. The number of carbonyl (C=O) groups excluding carboxylic acids is 2. The second-order valence-electron chi connectivity index (χ2n) is 6.11. The number of ether oxygens (including phenoxy) is 1. The third-order valence-electron chi connectivity index (χ3n) is 3.44. The fraction of sp³-hybridized carbons (Fsp3) is 0.389. The van der Waals surface area contributed by atoms with Crippen molar-refractivity contribution in [2.75, 3.05) is 19.0 Å². The number of halogens is 3. The Morgan fingerprint density at radius 1 is 1.31 bits per heavy atom. The molecule has 1 atom stereocenters. The molecule has 8 nitrogen and oxygen atoms in total. The first kappa shape index (κ1) is 23.8. The summed E-state index contributed by atoms with van der Waals surface area (Å²) in [6, 6.07) is 2.88. The van der Waals surface area contributed by atoms with Gasteiger partial charge in [-0.2, -0.15) is 13.2 Å². The third kappa shape index (κ3) is 9.00. The molecule has 11 heteroatoms.